The summed E-state index contributed by atoms with van der Waals surface area (Å²) in [6.07, 6.45) is 35.9. The minimum absolute atomic E-state index is 0.178. The van der Waals surface area contributed by atoms with E-state index in [1.807, 2.05) is 83.5 Å². The molecule has 1 N–H and O–H groups in total. The first-order valence-corrected chi connectivity index (χ1v) is 47.6. The molecule has 10 aromatic rings. The molecule has 1 aliphatic carbocycles. The molecule has 0 saturated carbocycles. The number of hydrogen-bond acceptors (Lipinski definition) is 12. The van der Waals surface area contributed by atoms with E-state index in [2.05, 4.69) is 99.9 Å². The van der Waals surface area contributed by atoms with Gasteiger partial charge in [0.1, 0.15) is 0 Å². The third-order valence-electron chi connectivity index (χ3n) is 21.6. The van der Waals surface area contributed by atoms with Crippen LogP contribution >= 0.6 is 91.2 Å². The van der Waals surface area contributed by atoms with Gasteiger partial charge in [-0.25, -0.2) is 0 Å². The third-order valence-corrected chi connectivity index (χ3v) is 30.9. The van der Waals surface area contributed by atoms with Gasteiger partial charge in [-0.3, -0.25) is 0 Å². The number of nitrogens with one attached hydrogen (secondary N) is 1. The van der Waals surface area contributed by atoms with E-state index in [1.54, 1.807) is 12.1 Å². The number of benzene rings is 3. The molecule has 106 heavy (non-hydrogen) atoms. The molecule has 2 atom stereocenters. The van der Waals surface area contributed by atoms with E-state index in [4.69, 9.17) is 40.6 Å². The Morgan fingerprint density at radius 2 is 0.925 bits per heavy atom. The van der Waals surface area contributed by atoms with Gasteiger partial charge >= 0.3 is 535 Å². The Morgan fingerprint density at radius 3 is 1.43 bits per heavy atom. The van der Waals surface area contributed by atoms with Gasteiger partial charge in [-0.1, -0.05) is 151 Å². The number of unbranched alkanes of at least 4 members (excludes halogenated alkanes) is 20. The van der Waals surface area contributed by atoms with Crippen molar-refractivity contribution in [3.05, 3.63) is 124 Å². The monoisotopic (exact) mass is 1710 g/mol. The van der Waals surface area contributed by atoms with E-state index in [0.717, 1.165) is 133 Å². The van der Waals surface area contributed by atoms with E-state index in [-0.39, 0.29) is 11.1 Å². The molecule has 0 amide bonds. The van der Waals surface area contributed by atoms with Gasteiger partial charge in [-0.15, -0.1) is 0 Å². The van der Waals surface area contributed by atoms with Crippen molar-refractivity contribution >= 4 is 171 Å². The Morgan fingerprint density at radius 1 is 0.481 bits per heavy atom. The molecule has 0 radical (unpaired) electrons. The molecule has 18 heteroatoms. The molecule has 11 rings (SSSR count). The van der Waals surface area contributed by atoms with Crippen LogP contribution in [-0.2, 0) is 17.6 Å². The summed E-state index contributed by atoms with van der Waals surface area (Å²) >= 11 is 26.9. The average Bonchev–Trinajstić information content (AvgIpc) is 1.33. The Labute approximate surface area is 679 Å². The maximum absolute atomic E-state index is 17.2. The van der Waals surface area contributed by atoms with Crippen molar-refractivity contribution in [3.63, 3.8) is 0 Å². The van der Waals surface area contributed by atoms with E-state index in [0.29, 0.717) is 52.0 Å². The Hall–Kier alpha value is -4.12. The number of aryl methyl sites for hydroxylation is 1. The van der Waals surface area contributed by atoms with E-state index in [9.17, 15) is 5.41 Å². The second-order valence-electron chi connectivity index (χ2n) is 29.3. The second-order valence-corrected chi connectivity index (χ2v) is 38.4. The second kappa shape index (κ2) is 40.4. The molecule has 0 aliphatic heterocycles. The summed E-state index contributed by atoms with van der Waals surface area (Å²) in [6, 6.07) is 20.5. The summed E-state index contributed by atoms with van der Waals surface area (Å²) in [5.74, 6) is 0.793. The molecule has 2 unspecified atom stereocenters. The van der Waals surface area contributed by atoms with Gasteiger partial charge in [0.2, 0.25) is 0 Å². The molecule has 0 spiro atoms. The van der Waals surface area contributed by atoms with Crippen molar-refractivity contribution in [3.8, 4) is 68.4 Å². The molecule has 0 saturated heterocycles. The Bertz CT molecular complexity index is 4610. The number of halogens is 4. The van der Waals surface area contributed by atoms with Gasteiger partial charge < -0.3 is 0 Å². The van der Waals surface area contributed by atoms with Gasteiger partial charge in [0, 0.05) is 0 Å². The fraction of sp³-hybridized carbons (Fsp3) is 0.500. The quantitative estimate of drug-likeness (QED) is 0.0235. The zero-order valence-corrected chi connectivity index (χ0v) is 74.0. The van der Waals surface area contributed by atoms with E-state index < -0.39 is 26.6 Å². The predicted molar refractivity (Wildman–Crippen MR) is 468 cm³/mol. The molecular weight excluding hydrogens is 1600 g/mol. The number of nitrogens with zero attached hydrogens (tertiary/aromatic N) is 3. The first-order valence-electron chi connectivity index (χ1n) is 39.6. The van der Waals surface area contributed by atoms with Crippen molar-refractivity contribution in [2.24, 2.45) is 15.8 Å². The molecule has 6 nitrogen and oxygen atoms in total. The van der Waals surface area contributed by atoms with Gasteiger partial charge in [0.15, 0.2) is 0 Å². The average molecular weight is 1710 g/mol. The van der Waals surface area contributed by atoms with Crippen molar-refractivity contribution < 1.29 is 18.3 Å². The number of thiophene rings is 6. The van der Waals surface area contributed by atoms with Crippen LogP contribution in [0.2, 0.25) is 10.0 Å². The minimum atomic E-state index is -0.909. The van der Waals surface area contributed by atoms with Crippen molar-refractivity contribution in [2.45, 2.75) is 262 Å². The SMILES string of the molecule is CCCCCCCCCCCCOC1=C(C)C(=N)C(=N[SeH])C(c2ccc(-c3ccc(-c4ccc(-c5c(OCCCCCCCCCCCC)c(C)c(-c6cc7c(-c8cc(Cl)c(CC(CC)CCCC)s8)c8sc(C)cc8c(-c8cc(Cl)c(CC(CC)CCCC)s8)c7s6)c6n[se]nc56)s4)c(F)c3F)s2)=C1C. The fourth-order valence-electron chi connectivity index (χ4n) is 15.4. The van der Waals surface area contributed by atoms with Gasteiger partial charge in [-0.05, 0) is 0 Å². The molecule has 7 aromatic heterocycles. The van der Waals surface area contributed by atoms with Crippen molar-refractivity contribution in [1.82, 2.24) is 7.96 Å². The maximum atomic E-state index is 17.2. The summed E-state index contributed by atoms with van der Waals surface area (Å²) < 4.78 is 65.8. The fourth-order valence-corrected chi connectivity index (χ4v) is 24.9. The standard InChI is InChI=1S/C88H108Cl2F2N4O2S6Se2/c1-11-17-21-23-25-27-29-31-33-35-45-97-85-54(8)74(82(94-105)81(93)56(85)10)67-43-41-65(100-67)59-39-40-60(80(92)79(59)91)66-42-44-68(101-66)78-84-83(95-106-96-84)75(55(9)86(78)98-46-36-34-32-30-28-26-24-22-18-12-2)71-50-62-77(73-52-64(90)70(103-73)49-58(16-6)38-20-14-4)87-61(47-53(7)99-87)76(88(62)104-71)72-51-63(89)69(102-72)48-57(15-5)37-19-13-3/h39-44,47,50-52,57-58,93,105H,11-38,45-46,48-49H2,1-10H3. The van der Waals surface area contributed by atoms with Crippen molar-refractivity contribution in [1.29, 1.82) is 5.41 Å². The van der Waals surface area contributed by atoms with Crippen LogP contribution in [0.25, 0.3) is 99.4 Å². The third kappa shape index (κ3) is 19.3. The van der Waals surface area contributed by atoms with Crippen LogP contribution in [0.15, 0.2) is 81.6 Å². The number of rotatable bonds is 43. The number of fused-ring (bicyclic) bond motifs is 3. The van der Waals surface area contributed by atoms with Crippen LogP contribution in [-0.4, -0.2) is 63.8 Å². The topological polar surface area (TPSA) is 80.5 Å². The number of aromatic nitrogens is 2. The molecule has 1 aliphatic rings. The Balaban J connectivity index is 0.959. The number of hydrogen-bond donors (Lipinski definition) is 1. The van der Waals surface area contributed by atoms with Gasteiger partial charge in [0.05, 0.1) is 0 Å². The molecule has 0 fully saturated rings. The number of allylic oxidation sites excluding steroid dienone is 3. The molecule has 7 heterocycles. The van der Waals surface area contributed by atoms with Crippen LogP contribution in [0.5, 0.6) is 5.75 Å². The predicted octanol–water partition coefficient (Wildman–Crippen LogP) is 30.7. The van der Waals surface area contributed by atoms with Crippen LogP contribution < -0.4 is 4.74 Å². The summed E-state index contributed by atoms with van der Waals surface area (Å²) in [5.41, 5.74) is 10.6. The first kappa shape index (κ1) is 82.8. The zero-order valence-electron chi connectivity index (χ0n) is 64.0. The van der Waals surface area contributed by atoms with E-state index in [1.165, 1.54) is 213 Å². The first-order chi connectivity index (χ1) is 51.6. The summed E-state index contributed by atoms with van der Waals surface area (Å²) in [6.45, 7) is 23.2. The summed E-state index contributed by atoms with van der Waals surface area (Å²) in [7, 11) is 0. The van der Waals surface area contributed by atoms with Crippen LogP contribution in [0.3, 0.4) is 0 Å². The van der Waals surface area contributed by atoms with Crippen molar-refractivity contribution in [2.75, 3.05) is 13.2 Å². The molecular formula is C88H108Cl2F2N4O2S6Se2. The van der Waals surface area contributed by atoms with Gasteiger partial charge in [-0.2, -0.15) is 0 Å². The van der Waals surface area contributed by atoms with E-state index >= 15 is 8.78 Å². The van der Waals surface area contributed by atoms with Gasteiger partial charge in [0.25, 0.3) is 0 Å². The molecule has 3 aromatic carbocycles. The normalized spacial score (nSPS) is 14.0. The zero-order chi connectivity index (χ0) is 75.0. The Kier molecular flexibility index (Phi) is 31.5. The van der Waals surface area contributed by atoms with Crippen LogP contribution in [0, 0.1) is 42.7 Å². The summed E-state index contributed by atoms with van der Waals surface area (Å²) in [4.78, 5) is 10.1. The molecule has 0 bridgehead atoms. The van der Waals surface area contributed by atoms with Crippen LogP contribution in [0.4, 0.5) is 8.78 Å². The van der Waals surface area contributed by atoms with Crippen LogP contribution in [0.1, 0.15) is 260 Å². The summed E-state index contributed by atoms with van der Waals surface area (Å²) in [5, 5.41) is 13.4. The molecule has 568 valence electrons. The number of ether oxygens (including phenoxy) is 2.